The van der Waals surface area contributed by atoms with Crippen molar-refractivity contribution in [2.45, 2.75) is 29.1 Å². The van der Waals surface area contributed by atoms with Gasteiger partial charge in [0.15, 0.2) is 0 Å². The summed E-state index contributed by atoms with van der Waals surface area (Å²) in [5, 5.41) is 0. The van der Waals surface area contributed by atoms with Gasteiger partial charge in [0.05, 0.1) is 20.6 Å². The Balaban J connectivity index is 1.35. The first-order chi connectivity index (χ1) is 17.0. The highest BCUT2D eigenvalue weighted by Gasteiger charge is 2.35. The van der Waals surface area contributed by atoms with Crippen LogP contribution in [0.15, 0.2) is 119 Å². The molecular formula is C33H24OS. The van der Waals surface area contributed by atoms with E-state index in [9.17, 15) is 4.21 Å². The van der Waals surface area contributed by atoms with Crippen molar-refractivity contribution in [3.8, 4) is 44.5 Å². The van der Waals surface area contributed by atoms with Crippen LogP contribution in [0, 0.1) is 0 Å². The van der Waals surface area contributed by atoms with Crippen LogP contribution in [-0.2, 0) is 16.2 Å². The fraction of sp³-hybridized carbons (Fsp3) is 0.0909. The average Bonchev–Trinajstić information content (AvgIpc) is 3.32. The molecule has 0 radical (unpaired) electrons. The van der Waals surface area contributed by atoms with Gasteiger partial charge in [0.25, 0.3) is 0 Å². The first kappa shape index (κ1) is 20.6. The van der Waals surface area contributed by atoms with Gasteiger partial charge in [-0.25, -0.2) is 4.21 Å². The van der Waals surface area contributed by atoms with Gasteiger partial charge in [-0.05, 0) is 68.3 Å². The van der Waals surface area contributed by atoms with E-state index in [1.165, 1.54) is 33.4 Å². The maximum absolute atomic E-state index is 13.5. The van der Waals surface area contributed by atoms with E-state index in [4.69, 9.17) is 0 Å². The lowest BCUT2D eigenvalue weighted by Gasteiger charge is -2.22. The lowest BCUT2D eigenvalue weighted by molar-refractivity contribution is 0.660. The lowest BCUT2D eigenvalue weighted by Crippen LogP contribution is -2.14. The van der Waals surface area contributed by atoms with Crippen LogP contribution in [0.25, 0.3) is 44.5 Å². The standard InChI is InChI=1S/C33H24OS/c1-33(2)29-15-5-3-11-25(29)26-18-17-22(20-30(26)33)21-9-7-10-23(19-21)24-13-8-14-28-27-12-4-6-16-31(27)35(34)32(24)28/h3-20H,1-2H3. The SMILES string of the molecule is CC1(C)c2ccccc2-c2ccc(-c3cccc(-c4cccc5c4S(=O)c4ccccc4-5)c3)cc21. The number of benzene rings is 5. The van der Waals surface area contributed by atoms with Crippen LogP contribution in [-0.4, -0.2) is 4.21 Å². The highest BCUT2D eigenvalue weighted by Crippen LogP contribution is 2.50. The summed E-state index contributed by atoms with van der Waals surface area (Å²) >= 11 is 0. The van der Waals surface area contributed by atoms with Crippen molar-refractivity contribution >= 4 is 10.8 Å². The Morgan fingerprint density at radius 2 is 1.14 bits per heavy atom. The third-order valence-electron chi connectivity index (χ3n) is 7.67. The van der Waals surface area contributed by atoms with E-state index in [1.54, 1.807) is 0 Å². The van der Waals surface area contributed by atoms with Crippen molar-refractivity contribution in [3.05, 3.63) is 120 Å². The molecule has 2 heteroatoms. The van der Waals surface area contributed by atoms with E-state index in [0.29, 0.717) is 0 Å². The minimum absolute atomic E-state index is 0.0253. The number of hydrogen-bond acceptors (Lipinski definition) is 1. The molecule has 35 heavy (non-hydrogen) atoms. The van der Waals surface area contributed by atoms with Crippen molar-refractivity contribution in [2.24, 2.45) is 0 Å². The molecule has 0 saturated heterocycles. The van der Waals surface area contributed by atoms with Crippen molar-refractivity contribution in [1.29, 1.82) is 0 Å². The largest absolute Gasteiger partial charge is 0.249 e. The van der Waals surface area contributed by atoms with E-state index in [-0.39, 0.29) is 5.41 Å². The Morgan fingerprint density at radius 1 is 0.514 bits per heavy atom. The number of rotatable bonds is 2. The molecule has 168 valence electrons. The topological polar surface area (TPSA) is 17.1 Å². The van der Waals surface area contributed by atoms with E-state index in [2.05, 4.69) is 105 Å². The molecule has 1 nitrogen and oxygen atoms in total. The first-order valence-electron chi connectivity index (χ1n) is 12.0. The minimum Gasteiger partial charge on any atom is -0.249 e. The fourth-order valence-corrected chi connectivity index (χ4v) is 7.45. The molecule has 7 rings (SSSR count). The van der Waals surface area contributed by atoms with Crippen molar-refractivity contribution in [2.75, 3.05) is 0 Å². The summed E-state index contributed by atoms with van der Waals surface area (Å²) in [6.07, 6.45) is 0. The quantitative estimate of drug-likeness (QED) is 0.249. The normalized spacial score (nSPS) is 16.3. The van der Waals surface area contributed by atoms with Crippen molar-refractivity contribution < 1.29 is 4.21 Å². The first-order valence-corrected chi connectivity index (χ1v) is 13.2. The van der Waals surface area contributed by atoms with Crippen LogP contribution in [0.5, 0.6) is 0 Å². The van der Waals surface area contributed by atoms with E-state index in [1.807, 2.05) is 18.2 Å². The maximum Gasteiger partial charge on any atom is 0.0868 e. The predicted molar refractivity (Wildman–Crippen MR) is 145 cm³/mol. The molecule has 0 N–H and O–H groups in total. The molecule has 0 saturated carbocycles. The molecule has 0 amide bonds. The summed E-state index contributed by atoms with van der Waals surface area (Å²) in [5.74, 6) is 0. The minimum atomic E-state index is -1.17. The molecule has 0 fully saturated rings. The molecule has 1 unspecified atom stereocenters. The molecule has 1 atom stereocenters. The van der Waals surface area contributed by atoms with Crippen LogP contribution in [0.3, 0.4) is 0 Å². The zero-order chi connectivity index (χ0) is 23.7. The van der Waals surface area contributed by atoms with E-state index < -0.39 is 10.8 Å². The Kier molecular flexibility index (Phi) is 4.34. The van der Waals surface area contributed by atoms with Crippen molar-refractivity contribution in [1.82, 2.24) is 0 Å². The maximum atomic E-state index is 13.5. The Labute approximate surface area is 208 Å². The predicted octanol–water partition coefficient (Wildman–Crippen LogP) is 8.47. The zero-order valence-corrected chi connectivity index (χ0v) is 20.5. The number of fused-ring (bicyclic) bond motifs is 6. The van der Waals surface area contributed by atoms with Crippen LogP contribution in [0.2, 0.25) is 0 Å². The Bertz CT molecular complexity index is 1690. The third-order valence-corrected chi connectivity index (χ3v) is 9.23. The molecule has 0 spiro atoms. The Hall–Kier alpha value is -3.75. The van der Waals surface area contributed by atoms with Gasteiger partial charge in [-0.1, -0.05) is 105 Å². The van der Waals surface area contributed by atoms with Gasteiger partial charge >= 0.3 is 0 Å². The van der Waals surface area contributed by atoms with Crippen LogP contribution in [0.1, 0.15) is 25.0 Å². The van der Waals surface area contributed by atoms with Crippen LogP contribution in [0.4, 0.5) is 0 Å². The fourth-order valence-electron chi connectivity index (χ4n) is 5.89. The summed E-state index contributed by atoms with van der Waals surface area (Å²) in [6.45, 7) is 4.64. The van der Waals surface area contributed by atoms with Gasteiger partial charge in [-0.15, -0.1) is 0 Å². The summed E-state index contributed by atoms with van der Waals surface area (Å²) in [5.41, 5.74) is 12.1. The van der Waals surface area contributed by atoms with Crippen molar-refractivity contribution in [3.63, 3.8) is 0 Å². The lowest BCUT2D eigenvalue weighted by atomic mass is 9.81. The highest BCUT2D eigenvalue weighted by atomic mass is 32.2. The van der Waals surface area contributed by atoms with E-state index in [0.717, 1.165) is 32.0 Å². The molecule has 2 aliphatic rings. The van der Waals surface area contributed by atoms with Crippen LogP contribution < -0.4 is 0 Å². The zero-order valence-electron chi connectivity index (χ0n) is 19.7. The molecule has 1 aliphatic carbocycles. The summed E-state index contributed by atoms with van der Waals surface area (Å²) in [7, 11) is -1.17. The summed E-state index contributed by atoms with van der Waals surface area (Å²) in [4.78, 5) is 1.84. The summed E-state index contributed by atoms with van der Waals surface area (Å²) < 4.78 is 13.5. The molecule has 0 aromatic heterocycles. The van der Waals surface area contributed by atoms with Gasteiger partial charge in [0.1, 0.15) is 0 Å². The molecule has 0 bridgehead atoms. The average molecular weight is 469 g/mol. The van der Waals surface area contributed by atoms with Gasteiger partial charge < -0.3 is 0 Å². The number of hydrogen-bond donors (Lipinski definition) is 0. The second-order valence-corrected chi connectivity index (χ2v) is 11.3. The Morgan fingerprint density at radius 3 is 2.03 bits per heavy atom. The third kappa shape index (κ3) is 2.90. The molecule has 5 aromatic rings. The van der Waals surface area contributed by atoms with Gasteiger partial charge in [0.2, 0.25) is 0 Å². The smallest absolute Gasteiger partial charge is 0.0868 e. The van der Waals surface area contributed by atoms with Gasteiger partial charge in [-0.3, -0.25) is 0 Å². The van der Waals surface area contributed by atoms with Gasteiger partial charge in [-0.2, -0.15) is 0 Å². The van der Waals surface area contributed by atoms with E-state index >= 15 is 0 Å². The summed E-state index contributed by atoms with van der Waals surface area (Å²) in [6, 6.07) is 38.6. The molecule has 5 aromatic carbocycles. The monoisotopic (exact) mass is 468 g/mol. The molecule has 1 aliphatic heterocycles. The molecular weight excluding hydrogens is 444 g/mol. The highest BCUT2D eigenvalue weighted by molar-refractivity contribution is 7.86. The molecule has 1 heterocycles. The second kappa shape index (κ2) is 7.37. The van der Waals surface area contributed by atoms with Gasteiger partial charge in [0, 0.05) is 11.0 Å². The van der Waals surface area contributed by atoms with Crippen LogP contribution >= 0.6 is 0 Å². The second-order valence-electron chi connectivity index (χ2n) is 9.96.